The summed E-state index contributed by atoms with van der Waals surface area (Å²) in [6, 6.07) is 0. The van der Waals surface area contributed by atoms with Gasteiger partial charge in [-0.05, 0) is 59.3 Å². The van der Waals surface area contributed by atoms with Gasteiger partial charge < -0.3 is 25.1 Å². The van der Waals surface area contributed by atoms with E-state index < -0.39 is 16.9 Å². The van der Waals surface area contributed by atoms with E-state index in [4.69, 9.17) is 19.9 Å². The summed E-state index contributed by atoms with van der Waals surface area (Å²) in [4.78, 5) is 36.8. The molecule has 1 amide bonds. The smallest absolute Gasteiger partial charge is 0.311 e. The number of esters is 2. The normalized spacial score (nSPS) is 16.4. The molecule has 0 aromatic carbocycles. The summed E-state index contributed by atoms with van der Waals surface area (Å²) in [6.07, 6.45) is 9.04. The van der Waals surface area contributed by atoms with Crippen molar-refractivity contribution in [3.63, 3.8) is 0 Å². The van der Waals surface area contributed by atoms with E-state index in [-0.39, 0.29) is 37.0 Å². The quantitative estimate of drug-likeness (QED) is 0.155. The number of carbonyl (C=O) groups is 3. The Morgan fingerprint density at radius 3 is 1.83 bits per heavy atom. The molecular weight excluding hydrogens is 462 g/mol. The fourth-order valence-electron chi connectivity index (χ4n) is 4.35. The van der Waals surface area contributed by atoms with Crippen molar-refractivity contribution in [3.05, 3.63) is 0 Å². The highest BCUT2D eigenvalue weighted by atomic mass is 16.6. The lowest BCUT2D eigenvalue weighted by Gasteiger charge is -2.28. The first-order chi connectivity index (χ1) is 17.0. The summed E-state index contributed by atoms with van der Waals surface area (Å²) in [6.45, 7) is 10.1. The number of unbranched alkanes of at least 4 members (excludes halogenated alkanes) is 4. The molecule has 3 N–H and O–H groups in total. The molecule has 4 unspecified atom stereocenters. The van der Waals surface area contributed by atoms with Crippen LogP contribution in [-0.2, 0) is 28.6 Å². The van der Waals surface area contributed by atoms with Gasteiger partial charge in [-0.25, -0.2) is 0 Å². The molecule has 8 nitrogen and oxygen atoms in total. The molecule has 0 bridgehead atoms. The largest absolute Gasteiger partial charge is 0.463 e. The average molecular weight is 516 g/mol. The number of primary amides is 1. The molecular formula is C28H53NO7. The third-order valence-corrected chi connectivity index (χ3v) is 7.38. The number of aliphatic hydroxyl groups is 1. The van der Waals surface area contributed by atoms with Gasteiger partial charge in [0.15, 0.2) is 0 Å². The van der Waals surface area contributed by atoms with Crippen LogP contribution < -0.4 is 5.73 Å². The third-order valence-electron chi connectivity index (χ3n) is 7.38. The topological polar surface area (TPSA) is 125 Å². The van der Waals surface area contributed by atoms with Gasteiger partial charge in [-0.15, -0.1) is 0 Å². The van der Waals surface area contributed by atoms with Crippen molar-refractivity contribution in [1.29, 1.82) is 0 Å². The van der Waals surface area contributed by atoms with E-state index in [2.05, 4.69) is 0 Å². The minimum Gasteiger partial charge on any atom is -0.463 e. The van der Waals surface area contributed by atoms with E-state index >= 15 is 0 Å². The van der Waals surface area contributed by atoms with Crippen molar-refractivity contribution < 1.29 is 33.7 Å². The van der Waals surface area contributed by atoms with Crippen LogP contribution in [0.4, 0.5) is 0 Å². The van der Waals surface area contributed by atoms with E-state index in [1.165, 1.54) is 0 Å². The Hall–Kier alpha value is -1.67. The zero-order valence-electron chi connectivity index (χ0n) is 23.7. The van der Waals surface area contributed by atoms with Crippen LogP contribution in [0.3, 0.4) is 0 Å². The summed E-state index contributed by atoms with van der Waals surface area (Å²) in [5, 5.41) is 9.38. The fraction of sp³-hybridized carbons (Fsp3) is 0.893. The monoisotopic (exact) mass is 515 g/mol. The lowest BCUT2D eigenvalue weighted by atomic mass is 9.78. The van der Waals surface area contributed by atoms with Crippen molar-refractivity contribution in [2.24, 2.45) is 22.5 Å². The minimum absolute atomic E-state index is 0.0135. The van der Waals surface area contributed by atoms with E-state index in [0.717, 1.165) is 57.8 Å². The second-order valence-electron chi connectivity index (χ2n) is 10.7. The van der Waals surface area contributed by atoms with Crippen molar-refractivity contribution >= 4 is 17.8 Å². The second-order valence-corrected chi connectivity index (χ2v) is 10.7. The molecule has 0 fully saturated rings. The first-order valence-electron chi connectivity index (χ1n) is 13.8. The van der Waals surface area contributed by atoms with Crippen LogP contribution in [0.2, 0.25) is 0 Å². The molecule has 8 heteroatoms. The average Bonchev–Trinajstić information content (AvgIpc) is 2.83. The summed E-state index contributed by atoms with van der Waals surface area (Å²) in [7, 11) is 1.58. The van der Waals surface area contributed by atoms with E-state index in [1.807, 2.05) is 27.7 Å². The van der Waals surface area contributed by atoms with Crippen molar-refractivity contribution in [1.82, 2.24) is 0 Å². The van der Waals surface area contributed by atoms with E-state index in [1.54, 1.807) is 14.0 Å². The van der Waals surface area contributed by atoms with Crippen LogP contribution in [-0.4, -0.2) is 56.0 Å². The zero-order valence-corrected chi connectivity index (χ0v) is 23.7. The minimum atomic E-state index is -0.674. The number of amides is 1. The molecule has 36 heavy (non-hydrogen) atoms. The molecule has 0 saturated heterocycles. The van der Waals surface area contributed by atoms with Gasteiger partial charge in [-0.1, -0.05) is 52.4 Å². The molecule has 0 heterocycles. The molecule has 0 saturated carbocycles. The van der Waals surface area contributed by atoms with Gasteiger partial charge in [0.2, 0.25) is 5.91 Å². The van der Waals surface area contributed by atoms with Gasteiger partial charge in [0.1, 0.15) is 13.2 Å². The van der Waals surface area contributed by atoms with Gasteiger partial charge in [-0.3, -0.25) is 14.4 Å². The van der Waals surface area contributed by atoms with Gasteiger partial charge in [0.05, 0.1) is 23.5 Å². The van der Waals surface area contributed by atoms with Crippen molar-refractivity contribution in [3.8, 4) is 0 Å². The molecule has 212 valence electrons. The SMILES string of the molecule is CCC(CCCCCC(C)(CCCCCC(C)(CC)C(=O)OCC(C)O)C(=O)OCCOC)C(N)=O. The first kappa shape index (κ1) is 34.3. The maximum absolute atomic E-state index is 12.9. The predicted molar refractivity (Wildman–Crippen MR) is 141 cm³/mol. The van der Waals surface area contributed by atoms with Gasteiger partial charge in [0.25, 0.3) is 0 Å². The van der Waals surface area contributed by atoms with Crippen LogP contribution in [0.1, 0.15) is 112 Å². The highest BCUT2D eigenvalue weighted by Crippen LogP contribution is 2.35. The van der Waals surface area contributed by atoms with Crippen LogP contribution in [0.15, 0.2) is 0 Å². The Balaban J connectivity index is 4.76. The van der Waals surface area contributed by atoms with Gasteiger partial charge >= 0.3 is 11.9 Å². The van der Waals surface area contributed by atoms with Crippen molar-refractivity contribution in [2.45, 2.75) is 118 Å². The van der Waals surface area contributed by atoms with Crippen LogP contribution in [0, 0.1) is 16.7 Å². The number of aliphatic hydroxyl groups excluding tert-OH is 1. The number of methoxy groups -OCH3 is 1. The summed E-state index contributed by atoms with van der Waals surface area (Å²) in [5.41, 5.74) is 4.29. The Bertz CT molecular complexity index is 639. The Morgan fingerprint density at radius 2 is 1.36 bits per heavy atom. The van der Waals surface area contributed by atoms with Gasteiger partial charge in [0, 0.05) is 13.0 Å². The number of nitrogens with two attached hydrogens (primary N) is 1. The molecule has 0 aliphatic rings. The van der Waals surface area contributed by atoms with Crippen LogP contribution in [0.25, 0.3) is 0 Å². The predicted octanol–water partition coefficient (Wildman–Crippen LogP) is 4.94. The van der Waals surface area contributed by atoms with E-state index in [0.29, 0.717) is 25.9 Å². The number of hydrogen-bond donors (Lipinski definition) is 2. The third kappa shape index (κ3) is 13.6. The standard InChI is InChI=1S/C28H53NO7/c1-7-23(24(29)31)15-11-9-12-17-28(5,26(33)35-20-19-34-6)18-14-10-13-16-27(4,8-2)25(32)36-21-22(3)30/h22-23,30H,7-21H2,1-6H3,(H2,29,31). The Labute approximate surface area is 219 Å². The molecule has 0 rings (SSSR count). The highest BCUT2D eigenvalue weighted by Gasteiger charge is 2.35. The molecule has 0 aliphatic heterocycles. The zero-order chi connectivity index (χ0) is 27.6. The van der Waals surface area contributed by atoms with Crippen molar-refractivity contribution in [2.75, 3.05) is 26.9 Å². The lowest BCUT2D eigenvalue weighted by Crippen LogP contribution is -2.32. The molecule has 0 aromatic rings. The summed E-state index contributed by atoms with van der Waals surface area (Å²) >= 11 is 0. The highest BCUT2D eigenvalue weighted by molar-refractivity contribution is 5.77. The lowest BCUT2D eigenvalue weighted by molar-refractivity contribution is -0.158. The van der Waals surface area contributed by atoms with Crippen LogP contribution in [0.5, 0.6) is 0 Å². The molecule has 0 spiro atoms. The fourth-order valence-corrected chi connectivity index (χ4v) is 4.35. The summed E-state index contributed by atoms with van der Waals surface area (Å²) < 4.78 is 15.8. The Kier molecular flexibility index (Phi) is 17.7. The maximum atomic E-state index is 12.9. The molecule has 0 aromatic heterocycles. The molecule has 4 atom stereocenters. The first-order valence-corrected chi connectivity index (χ1v) is 13.8. The number of hydrogen-bond acceptors (Lipinski definition) is 7. The molecule has 0 aliphatic carbocycles. The number of carbonyl (C=O) groups excluding carboxylic acids is 3. The van der Waals surface area contributed by atoms with E-state index in [9.17, 15) is 19.5 Å². The second kappa shape index (κ2) is 18.6. The van der Waals surface area contributed by atoms with Crippen LogP contribution >= 0.6 is 0 Å². The maximum Gasteiger partial charge on any atom is 0.311 e. The number of rotatable bonds is 22. The molecule has 0 radical (unpaired) electrons. The van der Waals surface area contributed by atoms with Gasteiger partial charge in [-0.2, -0.15) is 0 Å². The Morgan fingerprint density at radius 1 is 0.833 bits per heavy atom. The summed E-state index contributed by atoms with van der Waals surface area (Å²) in [5.74, 6) is -0.768. The number of ether oxygens (including phenoxy) is 3.